The zero-order valence-electron chi connectivity index (χ0n) is 15.5. The Kier molecular flexibility index (Phi) is 4.25. The van der Waals surface area contributed by atoms with Crippen molar-refractivity contribution in [1.29, 1.82) is 0 Å². The van der Waals surface area contributed by atoms with Crippen molar-refractivity contribution in [3.05, 3.63) is 95.9 Å². The average Bonchev–Trinajstić information content (AvgIpc) is 3.36. The van der Waals surface area contributed by atoms with E-state index in [4.69, 9.17) is 4.74 Å². The zero-order chi connectivity index (χ0) is 19.6. The van der Waals surface area contributed by atoms with Gasteiger partial charge in [0.15, 0.2) is 0 Å². The molecule has 7 heteroatoms. The van der Waals surface area contributed by atoms with Gasteiger partial charge in [0.1, 0.15) is 17.8 Å². The summed E-state index contributed by atoms with van der Waals surface area (Å²) in [5, 5.41) is 8.36. The molecule has 0 fully saturated rings. The molecule has 0 spiro atoms. The van der Waals surface area contributed by atoms with E-state index in [9.17, 15) is 4.79 Å². The highest BCUT2D eigenvalue weighted by Gasteiger charge is 2.10. The third kappa shape index (κ3) is 3.45. The van der Waals surface area contributed by atoms with Crippen molar-refractivity contribution in [2.45, 2.75) is 13.2 Å². The van der Waals surface area contributed by atoms with Gasteiger partial charge in [-0.15, -0.1) is 5.10 Å². The molecule has 0 bridgehead atoms. The van der Waals surface area contributed by atoms with Crippen molar-refractivity contribution in [3.8, 4) is 0 Å². The standard InChI is InChI=1S/C22H17N5O2/c28-22(29-15-18-14-26-12-4-3-7-21(26)23-18)17-10-8-16(9-11-17)13-27-20-6-2-1-5-19(20)24-25-27/h1-12,14H,13,15H2. The third-order valence-electron chi connectivity index (χ3n) is 4.71. The van der Waals surface area contributed by atoms with E-state index in [0.717, 1.165) is 22.2 Å². The molecule has 0 atom stereocenters. The van der Waals surface area contributed by atoms with Crippen molar-refractivity contribution >= 4 is 22.6 Å². The van der Waals surface area contributed by atoms with Crippen LogP contribution in [0.3, 0.4) is 0 Å². The first-order valence-corrected chi connectivity index (χ1v) is 9.23. The van der Waals surface area contributed by atoms with Gasteiger partial charge < -0.3 is 9.14 Å². The molecule has 5 aromatic rings. The van der Waals surface area contributed by atoms with Crippen LogP contribution in [0.1, 0.15) is 21.6 Å². The fourth-order valence-electron chi connectivity index (χ4n) is 3.23. The van der Waals surface area contributed by atoms with E-state index < -0.39 is 0 Å². The Hall–Kier alpha value is -4.00. The van der Waals surface area contributed by atoms with Crippen LogP contribution in [0.25, 0.3) is 16.7 Å². The summed E-state index contributed by atoms with van der Waals surface area (Å²) in [6.07, 6.45) is 3.76. The molecule has 3 aromatic heterocycles. The molecule has 142 valence electrons. The number of carbonyl (C=O) groups excluding carboxylic acids is 1. The Labute approximate surface area is 166 Å². The lowest BCUT2D eigenvalue weighted by molar-refractivity contribution is 0.0468. The Morgan fingerprint density at radius 3 is 2.66 bits per heavy atom. The summed E-state index contributed by atoms with van der Waals surface area (Å²) in [6.45, 7) is 0.713. The summed E-state index contributed by atoms with van der Waals surface area (Å²) in [4.78, 5) is 16.8. The van der Waals surface area contributed by atoms with Crippen molar-refractivity contribution in [2.75, 3.05) is 0 Å². The molecule has 0 aliphatic carbocycles. The van der Waals surface area contributed by atoms with E-state index >= 15 is 0 Å². The Bertz CT molecular complexity index is 1270. The number of hydrogen-bond acceptors (Lipinski definition) is 5. The van der Waals surface area contributed by atoms with E-state index in [0.29, 0.717) is 17.8 Å². The second kappa shape index (κ2) is 7.20. The van der Waals surface area contributed by atoms with Gasteiger partial charge in [-0.3, -0.25) is 0 Å². The fourth-order valence-corrected chi connectivity index (χ4v) is 3.23. The number of pyridine rings is 1. The molecule has 3 heterocycles. The molecule has 0 radical (unpaired) electrons. The first-order chi connectivity index (χ1) is 14.3. The molecule has 5 rings (SSSR count). The maximum atomic E-state index is 12.4. The molecule has 0 unspecified atom stereocenters. The number of nitrogens with zero attached hydrogens (tertiary/aromatic N) is 5. The number of hydrogen-bond donors (Lipinski definition) is 0. The number of imidazole rings is 1. The number of ether oxygens (including phenoxy) is 1. The lowest BCUT2D eigenvalue weighted by Crippen LogP contribution is -2.06. The average molecular weight is 383 g/mol. The van der Waals surface area contributed by atoms with Crippen molar-refractivity contribution in [1.82, 2.24) is 24.4 Å². The van der Waals surface area contributed by atoms with Crippen LogP contribution in [-0.2, 0) is 17.9 Å². The van der Waals surface area contributed by atoms with Gasteiger partial charge in [-0.1, -0.05) is 35.5 Å². The van der Waals surface area contributed by atoms with E-state index in [1.165, 1.54) is 0 Å². The van der Waals surface area contributed by atoms with Crippen LogP contribution in [-0.4, -0.2) is 30.3 Å². The van der Waals surface area contributed by atoms with Crippen LogP contribution in [0, 0.1) is 0 Å². The minimum Gasteiger partial charge on any atom is -0.456 e. The van der Waals surface area contributed by atoms with E-state index in [2.05, 4.69) is 15.3 Å². The second-order valence-corrected chi connectivity index (χ2v) is 6.71. The Morgan fingerprint density at radius 2 is 1.79 bits per heavy atom. The number of benzene rings is 2. The summed E-state index contributed by atoms with van der Waals surface area (Å²) >= 11 is 0. The molecule has 2 aromatic carbocycles. The molecule has 0 aliphatic heterocycles. The van der Waals surface area contributed by atoms with Crippen LogP contribution < -0.4 is 0 Å². The molecular formula is C22H17N5O2. The summed E-state index contributed by atoms with van der Waals surface area (Å²) in [7, 11) is 0. The third-order valence-corrected chi connectivity index (χ3v) is 4.71. The molecule has 0 saturated heterocycles. The topological polar surface area (TPSA) is 74.3 Å². The normalized spacial score (nSPS) is 11.2. The van der Waals surface area contributed by atoms with E-state index in [1.54, 1.807) is 12.1 Å². The number of rotatable bonds is 5. The fraction of sp³-hybridized carbons (Fsp3) is 0.0909. The summed E-state index contributed by atoms with van der Waals surface area (Å²) in [5.74, 6) is -0.375. The van der Waals surface area contributed by atoms with Gasteiger partial charge in [0.05, 0.1) is 23.3 Å². The van der Waals surface area contributed by atoms with Gasteiger partial charge in [-0.2, -0.15) is 0 Å². The lowest BCUT2D eigenvalue weighted by Gasteiger charge is -2.05. The van der Waals surface area contributed by atoms with Crippen LogP contribution in [0.4, 0.5) is 0 Å². The van der Waals surface area contributed by atoms with Gasteiger partial charge >= 0.3 is 5.97 Å². The van der Waals surface area contributed by atoms with Crippen molar-refractivity contribution in [2.24, 2.45) is 0 Å². The predicted octanol–water partition coefficient (Wildman–Crippen LogP) is 3.48. The molecule has 0 aliphatic rings. The van der Waals surface area contributed by atoms with E-state index in [1.807, 2.05) is 76.1 Å². The number of esters is 1. The van der Waals surface area contributed by atoms with Crippen LogP contribution >= 0.6 is 0 Å². The van der Waals surface area contributed by atoms with Crippen LogP contribution in [0.2, 0.25) is 0 Å². The molecule has 0 saturated carbocycles. The first kappa shape index (κ1) is 17.1. The van der Waals surface area contributed by atoms with Gasteiger partial charge in [-0.25, -0.2) is 14.5 Å². The smallest absolute Gasteiger partial charge is 0.338 e. The second-order valence-electron chi connectivity index (χ2n) is 6.71. The molecule has 7 nitrogen and oxygen atoms in total. The van der Waals surface area contributed by atoms with Gasteiger partial charge in [-0.05, 0) is 42.0 Å². The predicted molar refractivity (Wildman–Crippen MR) is 107 cm³/mol. The monoisotopic (exact) mass is 383 g/mol. The minimum atomic E-state index is -0.375. The highest BCUT2D eigenvalue weighted by molar-refractivity contribution is 5.89. The highest BCUT2D eigenvalue weighted by Crippen LogP contribution is 2.14. The number of para-hydroxylation sites is 1. The number of carbonyl (C=O) groups is 1. The first-order valence-electron chi connectivity index (χ1n) is 9.23. The van der Waals surface area contributed by atoms with Gasteiger partial charge in [0.25, 0.3) is 0 Å². The number of aromatic nitrogens is 5. The summed E-state index contributed by atoms with van der Waals surface area (Å²) in [6, 6.07) is 20.9. The Morgan fingerprint density at radius 1 is 0.966 bits per heavy atom. The maximum Gasteiger partial charge on any atom is 0.338 e. The van der Waals surface area contributed by atoms with Crippen molar-refractivity contribution < 1.29 is 9.53 Å². The summed E-state index contributed by atoms with van der Waals surface area (Å²) in [5.41, 5.74) is 4.89. The largest absolute Gasteiger partial charge is 0.456 e. The van der Waals surface area contributed by atoms with Crippen LogP contribution in [0.15, 0.2) is 79.1 Å². The molecular weight excluding hydrogens is 366 g/mol. The van der Waals surface area contributed by atoms with Crippen LogP contribution in [0.5, 0.6) is 0 Å². The van der Waals surface area contributed by atoms with Crippen molar-refractivity contribution in [3.63, 3.8) is 0 Å². The molecule has 0 amide bonds. The minimum absolute atomic E-state index is 0.132. The lowest BCUT2D eigenvalue weighted by atomic mass is 10.1. The van der Waals surface area contributed by atoms with Gasteiger partial charge in [0, 0.05) is 12.4 Å². The SMILES string of the molecule is O=C(OCc1cn2ccccc2n1)c1ccc(Cn2nnc3ccccc32)cc1. The maximum absolute atomic E-state index is 12.4. The highest BCUT2D eigenvalue weighted by atomic mass is 16.5. The van der Waals surface area contributed by atoms with E-state index in [-0.39, 0.29) is 12.6 Å². The summed E-state index contributed by atoms with van der Waals surface area (Å²) < 4.78 is 9.14. The number of fused-ring (bicyclic) bond motifs is 2. The zero-order valence-corrected chi connectivity index (χ0v) is 15.5. The molecule has 0 N–H and O–H groups in total. The Balaban J connectivity index is 1.25. The quantitative estimate of drug-likeness (QED) is 0.434. The molecule has 29 heavy (non-hydrogen) atoms. The van der Waals surface area contributed by atoms with Gasteiger partial charge in [0.2, 0.25) is 0 Å².